The molecule has 0 N–H and O–H groups in total. The summed E-state index contributed by atoms with van der Waals surface area (Å²) in [6, 6.07) is 11.0. The molecule has 23 heavy (non-hydrogen) atoms. The molecule has 0 fully saturated rings. The Balaban J connectivity index is 1.95. The zero-order valence-electron chi connectivity index (χ0n) is 11.4. The maximum atomic E-state index is 9.36. The van der Waals surface area contributed by atoms with Crippen molar-refractivity contribution in [1.82, 2.24) is 4.98 Å². The van der Waals surface area contributed by atoms with Gasteiger partial charge in [0.15, 0.2) is 4.67 Å². The Kier molecular flexibility index (Phi) is 4.88. The minimum atomic E-state index is 0.433. The van der Waals surface area contributed by atoms with Gasteiger partial charge in [-0.3, -0.25) is 0 Å². The van der Waals surface area contributed by atoms with E-state index in [1.165, 1.54) is 11.3 Å². The van der Waals surface area contributed by atoms with Crippen LogP contribution in [0.4, 0.5) is 0 Å². The molecule has 0 radical (unpaired) electrons. The van der Waals surface area contributed by atoms with Gasteiger partial charge in [0.25, 0.3) is 0 Å². The van der Waals surface area contributed by atoms with Crippen LogP contribution < -0.4 is 0 Å². The number of thiazole rings is 1. The number of furan rings is 1. The van der Waals surface area contributed by atoms with E-state index in [1.54, 1.807) is 30.3 Å². The average Bonchev–Trinajstić information content (AvgIpc) is 3.17. The quantitative estimate of drug-likeness (QED) is 0.447. The normalized spacial score (nSPS) is 11.5. The van der Waals surface area contributed by atoms with Gasteiger partial charge in [0.2, 0.25) is 0 Å². The van der Waals surface area contributed by atoms with Crippen molar-refractivity contribution in [1.29, 1.82) is 5.26 Å². The summed E-state index contributed by atoms with van der Waals surface area (Å²) in [5, 5.41) is 12.8. The van der Waals surface area contributed by atoms with Crippen molar-refractivity contribution in [2.45, 2.75) is 0 Å². The van der Waals surface area contributed by atoms with Crippen LogP contribution in [-0.4, -0.2) is 4.98 Å². The molecule has 0 amide bonds. The molecule has 3 rings (SSSR count). The first-order chi connectivity index (χ1) is 11.1. The van der Waals surface area contributed by atoms with E-state index in [9.17, 15) is 5.26 Å². The SMILES string of the molecule is N#C/C(=C/c1ccc(Br)o1)c1nc(-c2ccc(Cl)c(Cl)c2)cs1. The van der Waals surface area contributed by atoms with Gasteiger partial charge in [0, 0.05) is 17.0 Å². The van der Waals surface area contributed by atoms with Crippen molar-refractivity contribution in [2.75, 3.05) is 0 Å². The number of rotatable bonds is 3. The van der Waals surface area contributed by atoms with Crippen molar-refractivity contribution < 1.29 is 4.42 Å². The standard InChI is InChI=1S/C16H7BrCl2N2OS/c17-15-4-2-11(22-15)5-10(7-20)16-21-14(8-23-16)9-1-3-12(18)13(19)6-9/h1-6,8H/b10-5-. The van der Waals surface area contributed by atoms with E-state index in [2.05, 4.69) is 27.0 Å². The van der Waals surface area contributed by atoms with Gasteiger partial charge in [-0.25, -0.2) is 4.98 Å². The fourth-order valence-electron chi connectivity index (χ4n) is 1.88. The molecule has 0 bridgehead atoms. The second kappa shape index (κ2) is 6.90. The van der Waals surface area contributed by atoms with Crippen LogP contribution >= 0.6 is 50.5 Å². The van der Waals surface area contributed by atoms with Gasteiger partial charge in [-0.2, -0.15) is 5.26 Å². The first-order valence-corrected chi connectivity index (χ1v) is 8.78. The predicted octanol–water partition coefficient (Wildman–Crippen LogP) is 6.54. The third-order valence-electron chi connectivity index (χ3n) is 2.95. The van der Waals surface area contributed by atoms with E-state index in [-0.39, 0.29) is 0 Å². The fraction of sp³-hybridized carbons (Fsp3) is 0. The lowest BCUT2D eigenvalue weighted by Crippen LogP contribution is -1.83. The average molecular weight is 426 g/mol. The Hall–Kier alpha value is -1.58. The fourth-order valence-corrected chi connectivity index (χ4v) is 3.29. The van der Waals surface area contributed by atoms with Crippen LogP contribution in [0.5, 0.6) is 0 Å². The van der Waals surface area contributed by atoms with Crippen molar-refractivity contribution in [3.8, 4) is 17.3 Å². The number of aromatic nitrogens is 1. The van der Waals surface area contributed by atoms with Crippen molar-refractivity contribution in [3.63, 3.8) is 0 Å². The summed E-state index contributed by atoms with van der Waals surface area (Å²) >= 11 is 16.6. The van der Waals surface area contributed by atoms with Crippen molar-refractivity contribution >= 4 is 62.1 Å². The van der Waals surface area contributed by atoms with Crippen LogP contribution in [0, 0.1) is 11.3 Å². The molecule has 7 heteroatoms. The number of benzene rings is 1. The zero-order chi connectivity index (χ0) is 16.4. The molecular formula is C16H7BrCl2N2OS. The smallest absolute Gasteiger partial charge is 0.169 e. The molecule has 1 aromatic carbocycles. The Morgan fingerprint density at radius 2 is 2.09 bits per heavy atom. The van der Waals surface area contributed by atoms with Gasteiger partial charge in [0.1, 0.15) is 16.8 Å². The second-order valence-corrected chi connectivity index (χ2v) is 6.93. The molecule has 0 atom stereocenters. The molecule has 0 aliphatic carbocycles. The predicted molar refractivity (Wildman–Crippen MR) is 97.5 cm³/mol. The molecule has 0 aliphatic rings. The van der Waals surface area contributed by atoms with Gasteiger partial charge < -0.3 is 4.42 Å². The molecule has 0 unspecified atom stereocenters. The molecule has 3 aromatic rings. The Labute approximate surface area is 154 Å². The van der Waals surface area contributed by atoms with E-state index in [4.69, 9.17) is 27.6 Å². The molecule has 3 nitrogen and oxygen atoms in total. The van der Waals surface area contributed by atoms with Crippen LogP contribution in [0.15, 0.2) is 44.8 Å². The van der Waals surface area contributed by atoms with Crippen LogP contribution in [0.1, 0.15) is 10.8 Å². The molecule has 0 saturated carbocycles. The highest BCUT2D eigenvalue weighted by Gasteiger charge is 2.11. The summed E-state index contributed by atoms with van der Waals surface area (Å²) in [6.45, 7) is 0. The van der Waals surface area contributed by atoms with Gasteiger partial charge in [-0.05, 0) is 40.2 Å². The van der Waals surface area contributed by atoms with Gasteiger partial charge in [-0.15, -0.1) is 11.3 Å². The Morgan fingerprint density at radius 3 is 2.74 bits per heavy atom. The van der Waals surface area contributed by atoms with Gasteiger partial charge in [0.05, 0.1) is 21.3 Å². The Morgan fingerprint density at radius 1 is 1.26 bits per heavy atom. The summed E-state index contributed by atoms with van der Waals surface area (Å²) in [4.78, 5) is 4.50. The molecule has 2 aromatic heterocycles. The van der Waals surface area contributed by atoms with E-state index < -0.39 is 0 Å². The van der Waals surface area contributed by atoms with E-state index in [1.807, 2.05) is 11.4 Å². The molecule has 0 spiro atoms. The number of allylic oxidation sites excluding steroid dienone is 1. The number of nitriles is 1. The molecular weight excluding hydrogens is 419 g/mol. The number of hydrogen-bond acceptors (Lipinski definition) is 4. The van der Waals surface area contributed by atoms with Gasteiger partial charge >= 0.3 is 0 Å². The Bertz CT molecular complexity index is 940. The second-order valence-electron chi connectivity index (χ2n) is 4.48. The topological polar surface area (TPSA) is 49.8 Å². The third-order valence-corrected chi connectivity index (χ3v) is 4.99. The van der Waals surface area contributed by atoms with E-state index in [0.29, 0.717) is 31.1 Å². The largest absolute Gasteiger partial charge is 0.450 e. The lowest BCUT2D eigenvalue weighted by atomic mass is 10.2. The maximum Gasteiger partial charge on any atom is 0.169 e. The lowest BCUT2D eigenvalue weighted by molar-refractivity contribution is 0.532. The summed E-state index contributed by atoms with van der Waals surface area (Å²) in [5.74, 6) is 0.583. The van der Waals surface area contributed by atoms with E-state index in [0.717, 1.165) is 11.3 Å². The van der Waals surface area contributed by atoms with Crippen molar-refractivity contribution in [2.24, 2.45) is 0 Å². The molecule has 0 aliphatic heterocycles. The molecule has 114 valence electrons. The van der Waals surface area contributed by atoms with Crippen molar-refractivity contribution in [3.05, 3.63) is 61.2 Å². The minimum absolute atomic E-state index is 0.433. The lowest BCUT2D eigenvalue weighted by Gasteiger charge is -1.99. The summed E-state index contributed by atoms with van der Waals surface area (Å²) < 4.78 is 6.00. The first-order valence-electron chi connectivity index (χ1n) is 6.35. The summed E-state index contributed by atoms with van der Waals surface area (Å²) in [6.07, 6.45) is 1.65. The third kappa shape index (κ3) is 3.67. The maximum absolute atomic E-state index is 9.36. The molecule has 0 saturated heterocycles. The van der Waals surface area contributed by atoms with Crippen LogP contribution in [0.25, 0.3) is 22.9 Å². The highest BCUT2D eigenvalue weighted by Crippen LogP contribution is 2.31. The molecule has 2 heterocycles. The van der Waals surface area contributed by atoms with E-state index >= 15 is 0 Å². The highest BCUT2D eigenvalue weighted by molar-refractivity contribution is 9.10. The summed E-state index contributed by atoms with van der Waals surface area (Å²) in [7, 11) is 0. The van der Waals surface area contributed by atoms with Crippen LogP contribution in [-0.2, 0) is 0 Å². The number of halogens is 3. The summed E-state index contributed by atoms with van der Waals surface area (Å²) in [5.41, 5.74) is 2.02. The first kappa shape index (κ1) is 16.3. The van der Waals surface area contributed by atoms with Gasteiger partial charge in [-0.1, -0.05) is 29.3 Å². The van der Waals surface area contributed by atoms with Crippen LogP contribution in [0.2, 0.25) is 10.0 Å². The number of nitrogens with zero attached hydrogens (tertiary/aromatic N) is 2. The number of hydrogen-bond donors (Lipinski definition) is 0. The van der Waals surface area contributed by atoms with Crippen LogP contribution in [0.3, 0.4) is 0 Å². The monoisotopic (exact) mass is 424 g/mol. The minimum Gasteiger partial charge on any atom is -0.450 e. The highest BCUT2D eigenvalue weighted by atomic mass is 79.9. The zero-order valence-corrected chi connectivity index (χ0v) is 15.3.